The monoisotopic (exact) mass is 348 g/mol. The largest absolute Gasteiger partial charge is 0.391 e. The summed E-state index contributed by atoms with van der Waals surface area (Å²) in [4.78, 5) is 16.8. The molecular weight excluding hydrogens is 332 g/mol. The molecule has 0 bridgehead atoms. The van der Waals surface area contributed by atoms with Gasteiger partial charge >= 0.3 is 0 Å². The summed E-state index contributed by atoms with van der Waals surface area (Å²) in [6, 6.07) is 9.23. The lowest BCUT2D eigenvalue weighted by molar-refractivity contribution is 0.0714. The van der Waals surface area contributed by atoms with E-state index in [0.29, 0.717) is 5.69 Å². The van der Waals surface area contributed by atoms with E-state index in [0.717, 1.165) is 41.1 Å². The zero-order valence-electron chi connectivity index (χ0n) is 11.6. The predicted octanol–water partition coefficient (Wildman–Crippen LogP) is 3.03. The number of rotatable bonds is 2. The van der Waals surface area contributed by atoms with Gasteiger partial charge in [-0.2, -0.15) is 0 Å². The maximum absolute atomic E-state index is 12.3. The number of amides is 1. The number of aromatic nitrogens is 1. The number of carbonyl (C=O) groups is 1. The minimum atomic E-state index is -0.452. The van der Waals surface area contributed by atoms with E-state index in [1.165, 1.54) is 0 Å². The molecule has 21 heavy (non-hydrogen) atoms. The smallest absolute Gasteiger partial charge is 0.270 e. The maximum Gasteiger partial charge on any atom is 0.270 e. The SMILES string of the molecule is O=C(N[C@@H]1CCCC[C@@H]1O)c1cc(Br)c2ccccc2n1. The third-order valence-corrected chi connectivity index (χ3v) is 4.60. The Morgan fingerprint density at radius 3 is 2.86 bits per heavy atom. The summed E-state index contributed by atoms with van der Waals surface area (Å²) >= 11 is 3.48. The quantitative estimate of drug-likeness (QED) is 0.876. The topological polar surface area (TPSA) is 62.2 Å². The average molecular weight is 349 g/mol. The zero-order chi connectivity index (χ0) is 14.8. The Labute approximate surface area is 131 Å². The Kier molecular flexibility index (Phi) is 4.22. The molecular formula is C16H17BrN2O2. The third kappa shape index (κ3) is 3.09. The molecule has 1 saturated carbocycles. The molecule has 5 heteroatoms. The van der Waals surface area contributed by atoms with E-state index in [2.05, 4.69) is 26.2 Å². The number of nitrogens with one attached hydrogen (secondary N) is 1. The Balaban J connectivity index is 1.84. The van der Waals surface area contributed by atoms with Crippen molar-refractivity contribution in [3.8, 4) is 0 Å². The molecule has 2 N–H and O–H groups in total. The van der Waals surface area contributed by atoms with Crippen molar-refractivity contribution in [1.29, 1.82) is 0 Å². The molecule has 1 heterocycles. The number of carbonyl (C=O) groups excluding carboxylic acids is 1. The summed E-state index contributed by atoms with van der Waals surface area (Å²) in [7, 11) is 0. The molecule has 0 unspecified atom stereocenters. The molecule has 0 saturated heterocycles. The number of hydrogen-bond donors (Lipinski definition) is 2. The Morgan fingerprint density at radius 2 is 2.05 bits per heavy atom. The fraction of sp³-hybridized carbons (Fsp3) is 0.375. The molecule has 110 valence electrons. The van der Waals surface area contributed by atoms with Crippen molar-refractivity contribution >= 4 is 32.7 Å². The van der Waals surface area contributed by atoms with Crippen LogP contribution in [0.1, 0.15) is 36.2 Å². The van der Waals surface area contributed by atoms with Crippen LogP contribution < -0.4 is 5.32 Å². The molecule has 0 radical (unpaired) electrons. The van der Waals surface area contributed by atoms with E-state index in [1.54, 1.807) is 6.07 Å². The van der Waals surface area contributed by atoms with Gasteiger partial charge in [0, 0.05) is 9.86 Å². The molecule has 1 amide bonds. The molecule has 0 spiro atoms. The second-order valence-corrected chi connectivity index (χ2v) is 6.29. The zero-order valence-corrected chi connectivity index (χ0v) is 13.1. The van der Waals surface area contributed by atoms with Crippen LogP contribution in [-0.4, -0.2) is 28.1 Å². The van der Waals surface area contributed by atoms with Crippen LogP contribution in [-0.2, 0) is 0 Å². The summed E-state index contributed by atoms with van der Waals surface area (Å²) in [5.74, 6) is -0.229. The van der Waals surface area contributed by atoms with Crippen molar-refractivity contribution in [3.05, 3.63) is 40.5 Å². The van der Waals surface area contributed by atoms with Crippen LogP contribution in [0, 0.1) is 0 Å². The van der Waals surface area contributed by atoms with Gasteiger partial charge in [-0.1, -0.05) is 47.0 Å². The van der Waals surface area contributed by atoms with Crippen molar-refractivity contribution in [3.63, 3.8) is 0 Å². The van der Waals surface area contributed by atoms with Crippen molar-refractivity contribution < 1.29 is 9.90 Å². The fourth-order valence-electron chi connectivity index (χ4n) is 2.77. The van der Waals surface area contributed by atoms with E-state index in [-0.39, 0.29) is 11.9 Å². The lowest BCUT2D eigenvalue weighted by atomic mass is 9.92. The summed E-state index contributed by atoms with van der Waals surface area (Å²) in [6.07, 6.45) is 3.18. The first-order valence-electron chi connectivity index (χ1n) is 7.19. The fourth-order valence-corrected chi connectivity index (χ4v) is 3.32. The lowest BCUT2D eigenvalue weighted by Gasteiger charge is -2.28. The highest BCUT2D eigenvalue weighted by Crippen LogP contribution is 2.24. The van der Waals surface area contributed by atoms with Gasteiger partial charge in [-0.15, -0.1) is 0 Å². The van der Waals surface area contributed by atoms with Crippen LogP contribution in [0.15, 0.2) is 34.8 Å². The molecule has 3 rings (SSSR count). The number of nitrogens with zero attached hydrogens (tertiary/aromatic N) is 1. The Hall–Kier alpha value is -1.46. The summed E-state index contributed by atoms with van der Waals surface area (Å²) in [5, 5.41) is 13.8. The number of para-hydroxylation sites is 1. The molecule has 2 aromatic rings. The average Bonchev–Trinajstić information content (AvgIpc) is 2.49. The number of benzene rings is 1. The van der Waals surface area contributed by atoms with E-state index in [9.17, 15) is 9.90 Å². The van der Waals surface area contributed by atoms with Gasteiger partial charge in [0.2, 0.25) is 0 Å². The number of fused-ring (bicyclic) bond motifs is 1. The van der Waals surface area contributed by atoms with Crippen LogP contribution in [0.3, 0.4) is 0 Å². The van der Waals surface area contributed by atoms with Crippen molar-refractivity contribution in [2.24, 2.45) is 0 Å². The molecule has 1 aromatic heterocycles. The van der Waals surface area contributed by atoms with Crippen molar-refractivity contribution in [1.82, 2.24) is 10.3 Å². The van der Waals surface area contributed by atoms with Gasteiger partial charge in [-0.3, -0.25) is 4.79 Å². The van der Waals surface area contributed by atoms with Gasteiger partial charge in [0.15, 0.2) is 0 Å². The number of pyridine rings is 1. The van der Waals surface area contributed by atoms with Gasteiger partial charge in [0.1, 0.15) is 5.69 Å². The molecule has 1 aromatic carbocycles. The summed E-state index contributed by atoms with van der Waals surface area (Å²) in [6.45, 7) is 0. The minimum Gasteiger partial charge on any atom is -0.391 e. The minimum absolute atomic E-state index is 0.168. The summed E-state index contributed by atoms with van der Waals surface area (Å²) < 4.78 is 0.849. The van der Waals surface area contributed by atoms with Crippen LogP contribution >= 0.6 is 15.9 Å². The van der Waals surface area contributed by atoms with E-state index in [4.69, 9.17) is 0 Å². The highest BCUT2D eigenvalue weighted by Gasteiger charge is 2.25. The van der Waals surface area contributed by atoms with Gasteiger partial charge in [0.05, 0.1) is 17.7 Å². The molecule has 4 nitrogen and oxygen atoms in total. The highest BCUT2D eigenvalue weighted by atomic mass is 79.9. The molecule has 0 aliphatic heterocycles. The Morgan fingerprint density at radius 1 is 1.29 bits per heavy atom. The standard InChI is InChI=1S/C16H17BrN2O2/c17-11-9-14(18-12-6-2-1-5-10(11)12)16(21)19-13-7-3-4-8-15(13)20/h1-2,5-6,9,13,15,20H,3-4,7-8H2,(H,19,21)/t13-,15+/m1/s1. The number of aliphatic hydroxyl groups is 1. The van der Waals surface area contributed by atoms with Gasteiger partial charge in [-0.25, -0.2) is 4.98 Å². The van der Waals surface area contributed by atoms with Crippen LogP contribution in [0.4, 0.5) is 0 Å². The first-order chi connectivity index (χ1) is 10.1. The van der Waals surface area contributed by atoms with Gasteiger partial charge in [0.25, 0.3) is 5.91 Å². The maximum atomic E-state index is 12.3. The normalized spacial score (nSPS) is 22.2. The van der Waals surface area contributed by atoms with E-state index >= 15 is 0 Å². The first-order valence-corrected chi connectivity index (χ1v) is 7.98. The third-order valence-electron chi connectivity index (χ3n) is 3.94. The molecule has 2 atom stereocenters. The highest BCUT2D eigenvalue weighted by molar-refractivity contribution is 9.10. The van der Waals surface area contributed by atoms with Crippen LogP contribution in [0.25, 0.3) is 10.9 Å². The number of aliphatic hydroxyl groups excluding tert-OH is 1. The molecule has 1 aliphatic carbocycles. The Bertz CT molecular complexity index is 674. The second kappa shape index (κ2) is 6.12. The number of halogens is 1. The van der Waals surface area contributed by atoms with Crippen molar-refractivity contribution in [2.75, 3.05) is 0 Å². The lowest BCUT2D eigenvalue weighted by Crippen LogP contribution is -2.45. The van der Waals surface area contributed by atoms with Crippen molar-refractivity contribution in [2.45, 2.75) is 37.8 Å². The number of hydrogen-bond acceptors (Lipinski definition) is 3. The molecule has 1 fully saturated rings. The molecule has 1 aliphatic rings. The predicted molar refractivity (Wildman–Crippen MR) is 85.2 cm³/mol. The van der Waals surface area contributed by atoms with E-state index in [1.807, 2.05) is 24.3 Å². The van der Waals surface area contributed by atoms with Gasteiger partial charge < -0.3 is 10.4 Å². The van der Waals surface area contributed by atoms with Crippen LogP contribution in [0.5, 0.6) is 0 Å². The first kappa shape index (κ1) is 14.5. The second-order valence-electron chi connectivity index (χ2n) is 5.44. The van der Waals surface area contributed by atoms with E-state index < -0.39 is 6.10 Å². The van der Waals surface area contributed by atoms with Gasteiger partial charge in [-0.05, 0) is 25.0 Å². The summed E-state index contributed by atoms with van der Waals surface area (Å²) in [5.41, 5.74) is 1.15. The van der Waals surface area contributed by atoms with Crippen LogP contribution in [0.2, 0.25) is 0 Å².